The van der Waals surface area contributed by atoms with E-state index in [0.29, 0.717) is 0 Å². The van der Waals surface area contributed by atoms with E-state index in [4.69, 9.17) is 5.73 Å². The van der Waals surface area contributed by atoms with E-state index in [1.807, 2.05) is 70.2 Å². The largest absolute Gasteiger partial charge is 0.399 e. The van der Waals surface area contributed by atoms with Crippen LogP contribution in [-0.4, -0.2) is 0 Å². The molecule has 102 valence electrons. The van der Waals surface area contributed by atoms with Gasteiger partial charge < -0.3 is 5.73 Å². The smallest absolute Gasteiger partial charge is 0.0858 e. The van der Waals surface area contributed by atoms with Crippen LogP contribution in [0.15, 0.2) is 64.8 Å². The molecule has 2 N–H and O–H groups in total. The Hall–Kier alpha value is -2.16. The van der Waals surface area contributed by atoms with Crippen LogP contribution in [0.3, 0.4) is 0 Å². The van der Waals surface area contributed by atoms with Gasteiger partial charge in [-0.1, -0.05) is 45.9 Å². The summed E-state index contributed by atoms with van der Waals surface area (Å²) < 4.78 is 0. The zero-order valence-corrected chi connectivity index (χ0v) is 12.2. The highest BCUT2D eigenvalue weighted by Crippen LogP contribution is 2.18. The maximum atomic E-state index is 5.56. The SMILES string of the molecule is CC.CC.Nc1ccc(N=Nc2ccccc2)cc1. The quantitative estimate of drug-likeness (QED) is 0.541. The van der Waals surface area contributed by atoms with Crippen LogP contribution in [0.1, 0.15) is 27.7 Å². The van der Waals surface area contributed by atoms with Crippen LogP contribution in [0, 0.1) is 0 Å². The summed E-state index contributed by atoms with van der Waals surface area (Å²) in [5.74, 6) is 0. The lowest BCUT2D eigenvalue weighted by molar-refractivity contribution is 1.23. The molecule has 0 radical (unpaired) electrons. The number of nitrogens with two attached hydrogens (primary N) is 1. The standard InChI is InChI=1S/C12H11N3.2C2H6/c13-10-6-8-12(9-7-10)15-14-11-4-2-1-3-5-11;2*1-2/h1-9H,13H2;2*1-2H3. The molecule has 2 aromatic carbocycles. The lowest BCUT2D eigenvalue weighted by Crippen LogP contribution is -1.80. The average Bonchev–Trinajstić information content (AvgIpc) is 2.52. The second kappa shape index (κ2) is 11.0. The maximum Gasteiger partial charge on any atom is 0.0858 e. The van der Waals surface area contributed by atoms with Crippen molar-refractivity contribution in [1.82, 2.24) is 0 Å². The van der Waals surface area contributed by atoms with E-state index < -0.39 is 0 Å². The fraction of sp³-hybridized carbons (Fsp3) is 0.250. The van der Waals surface area contributed by atoms with Crippen molar-refractivity contribution in [3.05, 3.63) is 54.6 Å². The molecule has 0 fully saturated rings. The molecule has 0 heterocycles. The summed E-state index contributed by atoms with van der Waals surface area (Å²) in [5, 5.41) is 8.18. The molecular weight excluding hydrogens is 234 g/mol. The van der Waals surface area contributed by atoms with Crippen molar-refractivity contribution in [2.45, 2.75) is 27.7 Å². The van der Waals surface area contributed by atoms with Crippen LogP contribution in [0.4, 0.5) is 17.1 Å². The van der Waals surface area contributed by atoms with Crippen molar-refractivity contribution in [2.24, 2.45) is 10.2 Å². The van der Waals surface area contributed by atoms with E-state index in [-0.39, 0.29) is 0 Å². The average molecular weight is 257 g/mol. The first-order chi connectivity index (χ1) is 9.34. The van der Waals surface area contributed by atoms with Gasteiger partial charge in [-0.25, -0.2) is 0 Å². The van der Waals surface area contributed by atoms with E-state index in [1.165, 1.54) is 0 Å². The van der Waals surface area contributed by atoms with E-state index in [1.54, 1.807) is 12.1 Å². The molecular formula is C16H23N3. The minimum Gasteiger partial charge on any atom is -0.399 e. The molecule has 2 aromatic rings. The second-order valence-corrected chi connectivity index (χ2v) is 3.13. The highest BCUT2D eigenvalue weighted by molar-refractivity contribution is 5.47. The van der Waals surface area contributed by atoms with Crippen molar-refractivity contribution >= 4 is 17.1 Å². The number of hydrogen-bond acceptors (Lipinski definition) is 3. The summed E-state index contributed by atoms with van der Waals surface area (Å²) in [5.41, 5.74) is 7.93. The van der Waals surface area contributed by atoms with Crippen LogP contribution < -0.4 is 5.73 Å². The van der Waals surface area contributed by atoms with Gasteiger partial charge >= 0.3 is 0 Å². The molecule has 0 saturated heterocycles. The lowest BCUT2D eigenvalue weighted by atomic mass is 10.3. The summed E-state index contributed by atoms with van der Waals surface area (Å²) in [6, 6.07) is 16.9. The zero-order valence-electron chi connectivity index (χ0n) is 12.2. The van der Waals surface area contributed by atoms with Gasteiger partial charge in [0.2, 0.25) is 0 Å². The Kier molecular flexibility index (Phi) is 9.71. The van der Waals surface area contributed by atoms with Gasteiger partial charge in [-0.15, -0.1) is 0 Å². The minimum absolute atomic E-state index is 0.730. The van der Waals surface area contributed by atoms with E-state index in [0.717, 1.165) is 17.1 Å². The minimum atomic E-state index is 0.730. The van der Waals surface area contributed by atoms with Crippen LogP contribution >= 0.6 is 0 Å². The van der Waals surface area contributed by atoms with Gasteiger partial charge in [0.15, 0.2) is 0 Å². The molecule has 19 heavy (non-hydrogen) atoms. The molecule has 3 nitrogen and oxygen atoms in total. The third-order valence-corrected chi connectivity index (χ3v) is 1.93. The predicted octanol–water partition coefficient (Wildman–Crippen LogP) is 5.74. The Morgan fingerprint density at radius 1 is 0.632 bits per heavy atom. The summed E-state index contributed by atoms with van der Waals surface area (Å²) in [6.45, 7) is 8.00. The number of benzene rings is 2. The molecule has 2 rings (SSSR count). The summed E-state index contributed by atoms with van der Waals surface area (Å²) >= 11 is 0. The molecule has 3 heteroatoms. The molecule has 0 atom stereocenters. The Morgan fingerprint density at radius 3 is 1.53 bits per heavy atom. The fourth-order valence-corrected chi connectivity index (χ4v) is 1.15. The molecule has 0 amide bonds. The molecule has 0 saturated carbocycles. The summed E-state index contributed by atoms with van der Waals surface area (Å²) in [6.07, 6.45) is 0. The van der Waals surface area contributed by atoms with Crippen molar-refractivity contribution in [2.75, 3.05) is 5.73 Å². The third kappa shape index (κ3) is 6.99. The second-order valence-electron chi connectivity index (χ2n) is 3.13. The van der Waals surface area contributed by atoms with E-state index in [9.17, 15) is 0 Å². The van der Waals surface area contributed by atoms with Crippen molar-refractivity contribution in [3.8, 4) is 0 Å². The monoisotopic (exact) mass is 257 g/mol. The number of azo groups is 1. The first-order valence-corrected chi connectivity index (χ1v) is 6.67. The van der Waals surface area contributed by atoms with Crippen molar-refractivity contribution in [1.29, 1.82) is 0 Å². The molecule has 0 aliphatic carbocycles. The number of nitrogens with zero attached hydrogens (tertiary/aromatic N) is 2. The Balaban J connectivity index is 0.000000741. The number of hydrogen-bond donors (Lipinski definition) is 1. The highest BCUT2D eigenvalue weighted by atomic mass is 15.1. The van der Waals surface area contributed by atoms with E-state index >= 15 is 0 Å². The van der Waals surface area contributed by atoms with Gasteiger partial charge in [0.05, 0.1) is 11.4 Å². The number of nitrogen functional groups attached to an aromatic ring is 1. The Morgan fingerprint density at radius 2 is 1.05 bits per heavy atom. The molecule has 0 aromatic heterocycles. The van der Waals surface area contributed by atoms with Gasteiger partial charge in [0.25, 0.3) is 0 Å². The van der Waals surface area contributed by atoms with Gasteiger partial charge in [-0.2, -0.15) is 10.2 Å². The van der Waals surface area contributed by atoms with Crippen molar-refractivity contribution in [3.63, 3.8) is 0 Å². The zero-order chi connectivity index (χ0) is 14.5. The van der Waals surface area contributed by atoms with Gasteiger partial charge in [-0.3, -0.25) is 0 Å². The predicted molar refractivity (Wildman–Crippen MR) is 84.2 cm³/mol. The van der Waals surface area contributed by atoms with Crippen molar-refractivity contribution < 1.29 is 0 Å². The first kappa shape index (κ1) is 16.8. The van der Waals surface area contributed by atoms with Crippen LogP contribution in [0.2, 0.25) is 0 Å². The Labute approximate surface area is 116 Å². The summed E-state index contributed by atoms with van der Waals surface area (Å²) in [4.78, 5) is 0. The lowest BCUT2D eigenvalue weighted by Gasteiger charge is -1.93. The summed E-state index contributed by atoms with van der Waals surface area (Å²) in [7, 11) is 0. The third-order valence-electron chi connectivity index (χ3n) is 1.93. The molecule has 0 bridgehead atoms. The topological polar surface area (TPSA) is 50.7 Å². The maximum absolute atomic E-state index is 5.56. The normalized spacial score (nSPS) is 9.05. The first-order valence-electron chi connectivity index (χ1n) is 6.67. The number of anilines is 1. The van der Waals surface area contributed by atoms with Crippen LogP contribution in [0.5, 0.6) is 0 Å². The molecule has 0 aliphatic heterocycles. The van der Waals surface area contributed by atoms with E-state index in [2.05, 4.69) is 10.2 Å². The van der Waals surface area contributed by atoms with Gasteiger partial charge in [0, 0.05) is 5.69 Å². The van der Waals surface area contributed by atoms with Crippen LogP contribution in [0.25, 0.3) is 0 Å². The van der Waals surface area contributed by atoms with Gasteiger partial charge in [-0.05, 0) is 36.4 Å². The van der Waals surface area contributed by atoms with Crippen LogP contribution in [-0.2, 0) is 0 Å². The Bertz CT molecular complexity index is 447. The molecule has 0 unspecified atom stereocenters. The number of rotatable bonds is 2. The van der Waals surface area contributed by atoms with Gasteiger partial charge in [0.1, 0.15) is 0 Å². The highest BCUT2D eigenvalue weighted by Gasteiger charge is 1.89. The fourth-order valence-electron chi connectivity index (χ4n) is 1.15. The molecule has 0 aliphatic rings. The molecule has 0 spiro atoms.